The van der Waals surface area contributed by atoms with Crippen molar-refractivity contribution in [3.63, 3.8) is 0 Å². The summed E-state index contributed by atoms with van der Waals surface area (Å²) in [6, 6.07) is 7.74. The number of nitrogens with zero attached hydrogens (tertiary/aromatic N) is 3. The summed E-state index contributed by atoms with van der Waals surface area (Å²) in [5, 5.41) is 9.39. The molecule has 1 aliphatic rings. The van der Waals surface area contributed by atoms with E-state index in [2.05, 4.69) is 33.1 Å². The molecule has 136 valence electrons. The van der Waals surface area contributed by atoms with Crippen molar-refractivity contribution in [2.75, 3.05) is 24.6 Å². The average Bonchev–Trinajstić information content (AvgIpc) is 3.31. The van der Waals surface area contributed by atoms with Gasteiger partial charge in [0.15, 0.2) is 5.82 Å². The Morgan fingerprint density at radius 3 is 2.92 bits per heavy atom. The molecule has 0 saturated carbocycles. The summed E-state index contributed by atoms with van der Waals surface area (Å²) < 4.78 is 5.80. The number of aromatic amines is 1. The van der Waals surface area contributed by atoms with E-state index in [-0.39, 0.29) is 6.10 Å². The van der Waals surface area contributed by atoms with E-state index >= 15 is 0 Å². The van der Waals surface area contributed by atoms with Crippen LogP contribution in [-0.2, 0) is 4.74 Å². The molecule has 5 nitrogen and oxygen atoms in total. The lowest BCUT2D eigenvalue weighted by molar-refractivity contribution is 0.0386. The molecular weight excluding hydrogens is 391 g/mol. The van der Waals surface area contributed by atoms with E-state index in [4.69, 9.17) is 27.9 Å². The van der Waals surface area contributed by atoms with Crippen molar-refractivity contribution < 1.29 is 4.74 Å². The highest BCUT2D eigenvalue weighted by Crippen LogP contribution is 2.44. The van der Waals surface area contributed by atoms with Crippen LogP contribution in [0, 0.1) is 0 Å². The molecule has 4 rings (SSSR count). The van der Waals surface area contributed by atoms with Crippen molar-refractivity contribution in [2.24, 2.45) is 0 Å². The molecule has 2 aromatic heterocycles. The SMILES string of the molecule is CCC1CN(c2cc(-c3ccc(Cl)cc3Cl)c(-c3ncn[nH]3)s2)CCO1. The highest BCUT2D eigenvalue weighted by atomic mass is 35.5. The van der Waals surface area contributed by atoms with E-state index in [1.807, 2.05) is 12.1 Å². The number of anilines is 1. The van der Waals surface area contributed by atoms with E-state index in [1.165, 1.54) is 11.3 Å². The predicted octanol–water partition coefficient (Wildman–Crippen LogP) is 5.12. The second kappa shape index (κ2) is 7.56. The Balaban J connectivity index is 1.78. The molecular formula is C18H18Cl2N4OS. The molecule has 1 atom stereocenters. The number of hydrogen-bond donors (Lipinski definition) is 1. The first-order chi connectivity index (χ1) is 12.7. The summed E-state index contributed by atoms with van der Waals surface area (Å²) in [5.74, 6) is 0.738. The highest BCUT2D eigenvalue weighted by Gasteiger charge is 2.24. The fourth-order valence-corrected chi connectivity index (χ4v) is 4.76. The summed E-state index contributed by atoms with van der Waals surface area (Å²) in [5.41, 5.74) is 1.97. The number of morpholine rings is 1. The standard InChI is InChI=1S/C18H18Cl2N4OS/c1-2-12-9-24(5-6-25-12)16-8-14(13-4-3-11(19)7-15(13)20)17(26-16)18-21-10-22-23-18/h3-4,7-8,10,12H,2,5-6,9H2,1H3,(H,21,22,23). The Morgan fingerprint density at radius 2 is 2.19 bits per heavy atom. The minimum atomic E-state index is 0.266. The summed E-state index contributed by atoms with van der Waals surface area (Å²) in [7, 11) is 0. The molecule has 1 saturated heterocycles. The van der Waals surface area contributed by atoms with Crippen LogP contribution in [0.25, 0.3) is 21.8 Å². The molecule has 1 unspecified atom stereocenters. The third kappa shape index (κ3) is 3.47. The summed E-state index contributed by atoms with van der Waals surface area (Å²) in [6.07, 6.45) is 2.79. The zero-order valence-electron chi connectivity index (χ0n) is 14.2. The molecule has 1 fully saturated rings. The van der Waals surface area contributed by atoms with E-state index in [0.717, 1.165) is 47.9 Å². The van der Waals surface area contributed by atoms with Crippen LogP contribution in [0.4, 0.5) is 5.00 Å². The first-order valence-electron chi connectivity index (χ1n) is 8.47. The minimum Gasteiger partial charge on any atom is -0.375 e. The maximum absolute atomic E-state index is 6.48. The van der Waals surface area contributed by atoms with Gasteiger partial charge in [-0.15, -0.1) is 11.3 Å². The van der Waals surface area contributed by atoms with E-state index < -0.39 is 0 Å². The van der Waals surface area contributed by atoms with E-state index in [9.17, 15) is 0 Å². The molecule has 1 aliphatic heterocycles. The van der Waals surface area contributed by atoms with E-state index in [1.54, 1.807) is 17.4 Å². The van der Waals surface area contributed by atoms with Crippen LogP contribution < -0.4 is 4.90 Å². The fourth-order valence-electron chi connectivity index (χ4n) is 3.10. The number of rotatable bonds is 4. The third-order valence-electron chi connectivity index (χ3n) is 4.48. The molecule has 0 bridgehead atoms. The van der Waals surface area contributed by atoms with Gasteiger partial charge in [-0.1, -0.05) is 36.2 Å². The molecule has 3 aromatic rings. The van der Waals surface area contributed by atoms with Gasteiger partial charge in [-0.05, 0) is 24.6 Å². The van der Waals surface area contributed by atoms with Crippen molar-refractivity contribution >= 4 is 39.5 Å². The molecule has 0 spiro atoms. The Hall–Kier alpha value is -1.60. The number of H-pyrrole nitrogens is 1. The summed E-state index contributed by atoms with van der Waals surface area (Å²) in [6.45, 7) is 4.66. The van der Waals surface area contributed by atoms with Crippen LogP contribution in [0.5, 0.6) is 0 Å². The molecule has 1 N–H and O–H groups in total. The Morgan fingerprint density at radius 1 is 1.31 bits per heavy atom. The van der Waals surface area contributed by atoms with Gasteiger partial charge >= 0.3 is 0 Å². The van der Waals surface area contributed by atoms with Crippen LogP contribution in [0.3, 0.4) is 0 Å². The molecule has 1 aromatic carbocycles. The zero-order valence-corrected chi connectivity index (χ0v) is 16.5. The lowest BCUT2D eigenvalue weighted by Crippen LogP contribution is -2.41. The van der Waals surface area contributed by atoms with Crippen LogP contribution in [0.2, 0.25) is 10.0 Å². The first-order valence-corrected chi connectivity index (χ1v) is 10.0. The highest BCUT2D eigenvalue weighted by molar-refractivity contribution is 7.20. The third-order valence-corrected chi connectivity index (χ3v) is 6.23. The van der Waals surface area contributed by atoms with Gasteiger partial charge < -0.3 is 9.64 Å². The second-order valence-corrected chi connectivity index (χ2v) is 8.01. The largest absolute Gasteiger partial charge is 0.375 e. The van der Waals surface area contributed by atoms with Gasteiger partial charge in [0, 0.05) is 34.3 Å². The van der Waals surface area contributed by atoms with Crippen molar-refractivity contribution in [1.82, 2.24) is 15.2 Å². The Bertz CT molecular complexity index is 897. The molecule has 26 heavy (non-hydrogen) atoms. The van der Waals surface area contributed by atoms with Crippen molar-refractivity contribution in [3.8, 4) is 21.8 Å². The zero-order chi connectivity index (χ0) is 18.1. The summed E-state index contributed by atoms with van der Waals surface area (Å²) in [4.78, 5) is 7.73. The van der Waals surface area contributed by atoms with Gasteiger partial charge in [0.2, 0.25) is 0 Å². The van der Waals surface area contributed by atoms with Crippen LogP contribution >= 0.6 is 34.5 Å². The molecule has 8 heteroatoms. The Kier molecular flexibility index (Phi) is 5.18. The number of ether oxygens (including phenoxy) is 1. The van der Waals surface area contributed by atoms with Gasteiger partial charge in [-0.3, -0.25) is 5.10 Å². The number of nitrogens with one attached hydrogen (secondary N) is 1. The monoisotopic (exact) mass is 408 g/mol. The normalized spacial score (nSPS) is 17.7. The number of thiophene rings is 1. The molecule has 3 heterocycles. The van der Waals surface area contributed by atoms with Crippen molar-refractivity contribution in [3.05, 3.63) is 40.6 Å². The van der Waals surface area contributed by atoms with Gasteiger partial charge in [0.1, 0.15) is 6.33 Å². The quantitative estimate of drug-likeness (QED) is 0.650. The first kappa shape index (κ1) is 17.8. The fraction of sp³-hybridized carbons (Fsp3) is 0.333. The lowest BCUT2D eigenvalue weighted by Gasteiger charge is -2.33. The van der Waals surface area contributed by atoms with Gasteiger partial charge in [-0.2, -0.15) is 5.10 Å². The van der Waals surface area contributed by atoms with Gasteiger partial charge in [0.25, 0.3) is 0 Å². The second-order valence-electron chi connectivity index (χ2n) is 6.13. The Labute approximate surface area is 165 Å². The van der Waals surface area contributed by atoms with Crippen LogP contribution in [0.1, 0.15) is 13.3 Å². The molecule has 0 amide bonds. The van der Waals surface area contributed by atoms with Gasteiger partial charge in [-0.25, -0.2) is 4.98 Å². The number of halogens is 2. The smallest absolute Gasteiger partial charge is 0.166 e. The average molecular weight is 409 g/mol. The maximum atomic E-state index is 6.48. The van der Waals surface area contributed by atoms with Crippen molar-refractivity contribution in [1.29, 1.82) is 0 Å². The van der Waals surface area contributed by atoms with Gasteiger partial charge in [0.05, 0.1) is 22.6 Å². The minimum absolute atomic E-state index is 0.266. The molecule has 0 aliphatic carbocycles. The summed E-state index contributed by atoms with van der Waals surface area (Å²) >= 11 is 14.2. The van der Waals surface area contributed by atoms with Crippen molar-refractivity contribution in [2.45, 2.75) is 19.4 Å². The van der Waals surface area contributed by atoms with Crippen LogP contribution in [0.15, 0.2) is 30.6 Å². The number of aromatic nitrogens is 3. The van der Waals surface area contributed by atoms with E-state index in [0.29, 0.717) is 10.0 Å². The predicted molar refractivity (Wildman–Crippen MR) is 107 cm³/mol. The molecule has 0 radical (unpaired) electrons. The number of hydrogen-bond acceptors (Lipinski definition) is 5. The maximum Gasteiger partial charge on any atom is 0.166 e. The topological polar surface area (TPSA) is 54.0 Å². The number of benzene rings is 1. The van der Waals surface area contributed by atoms with Crippen LogP contribution in [-0.4, -0.2) is 41.0 Å². The lowest BCUT2D eigenvalue weighted by atomic mass is 10.1.